The van der Waals surface area contributed by atoms with Crippen molar-refractivity contribution in [2.45, 2.75) is 38.9 Å². The van der Waals surface area contributed by atoms with E-state index in [1.807, 2.05) is 11.7 Å². The smallest absolute Gasteiger partial charge is 0.314 e. The number of hydrogen-bond acceptors (Lipinski definition) is 3. The summed E-state index contributed by atoms with van der Waals surface area (Å²) in [6.45, 7) is 4.22. The molecule has 0 atom stereocenters. The molecule has 2 aliphatic rings. The number of nitrogens with zero attached hydrogens (tertiary/aromatic N) is 4. The molecule has 0 spiro atoms. The van der Waals surface area contributed by atoms with E-state index < -0.39 is 0 Å². The van der Waals surface area contributed by atoms with Crippen molar-refractivity contribution in [1.29, 1.82) is 0 Å². The molecule has 2 amide bonds. The molecule has 0 unspecified atom stereocenters. The van der Waals surface area contributed by atoms with Crippen molar-refractivity contribution in [3.8, 4) is 0 Å². The van der Waals surface area contributed by atoms with Crippen LogP contribution in [0, 0.1) is 5.82 Å². The van der Waals surface area contributed by atoms with Gasteiger partial charge in [-0.1, -0.05) is 6.42 Å². The molecule has 1 aromatic heterocycles. The topological polar surface area (TPSA) is 53.4 Å². The van der Waals surface area contributed by atoms with Gasteiger partial charge in [0.1, 0.15) is 5.82 Å². The van der Waals surface area contributed by atoms with Crippen LogP contribution in [-0.2, 0) is 26.7 Å². The number of fused-ring (bicyclic) bond motifs is 1. The minimum absolute atomic E-state index is 0.170. The summed E-state index contributed by atoms with van der Waals surface area (Å²) in [5.41, 5.74) is 3.96. The Balaban J connectivity index is 1.43. The van der Waals surface area contributed by atoms with Crippen molar-refractivity contribution in [1.82, 2.24) is 19.6 Å². The third kappa shape index (κ3) is 3.44. The van der Waals surface area contributed by atoms with Crippen LogP contribution in [0.1, 0.15) is 36.2 Å². The first kappa shape index (κ1) is 17.0. The molecule has 138 valence electrons. The van der Waals surface area contributed by atoms with Crippen LogP contribution in [0.3, 0.4) is 0 Å². The number of anilines is 1. The predicted octanol–water partition coefficient (Wildman–Crippen LogP) is 3.09. The van der Waals surface area contributed by atoms with Crippen LogP contribution in [0.25, 0.3) is 0 Å². The Hall–Kier alpha value is -2.41. The van der Waals surface area contributed by atoms with Gasteiger partial charge in [-0.05, 0) is 50.2 Å². The Kier molecular flexibility index (Phi) is 4.63. The van der Waals surface area contributed by atoms with Gasteiger partial charge in [-0.25, -0.2) is 9.18 Å². The largest absolute Gasteiger partial charge is 0.322 e. The lowest BCUT2D eigenvalue weighted by Gasteiger charge is -2.26. The van der Waals surface area contributed by atoms with Crippen molar-refractivity contribution in [2.24, 2.45) is 7.05 Å². The highest BCUT2D eigenvalue weighted by Crippen LogP contribution is 2.27. The highest BCUT2D eigenvalue weighted by atomic mass is 19.1. The van der Waals surface area contributed by atoms with Crippen LogP contribution < -0.4 is 5.32 Å². The molecule has 6 nitrogen and oxygen atoms in total. The second-order valence-corrected chi connectivity index (χ2v) is 7.13. The van der Waals surface area contributed by atoms with Gasteiger partial charge in [-0.3, -0.25) is 9.58 Å². The van der Waals surface area contributed by atoms with E-state index in [1.165, 1.54) is 37.0 Å². The fraction of sp³-hybridized carbons (Fsp3) is 0.474. The number of urea groups is 1. The van der Waals surface area contributed by atoms with Gasteiger partial charge >= 0.3 is 6.03 Å². The Morgan fingerprint density at radius 1 is 1.15 bits per heavy atom. The quantitative estimate of drug-likeness (QED) is 0.918. The molecule has 1 saturated heterocycles. The van der Waals surface area contributed by atoms with Crippen molar-refractivity contribution in [2.75, 3.05) is 18.4 Å². The second kappa shape index (κ2) is 7.07. The van der Waals surface area contributed by atoms with Crippen LogP contribution in [0.2, 0.25) is 0 Å². The van der Waals surface area contributed by atoms with Gasteiger partial charge in [-0.15, -0.1) is 0 Å². The first-order chi connectivity index (χ1) is 12.6. The fourth-order valence-electron chi connectivity index (χ4n) is 3.81. The van der Waals surface area contributed by atoms with Crippen LogP contribution in [-0.4, -0.2) is 38.7 Å². The fourth-order valence-corrected chi connectivity index (χ4v) is 3.81. The van der Waals surface area contributed by atoms with E-state index in [0.29, 0.717) is 18.8 Å². The minimum atomic E-state index is -0.315. The average Bonchev–Trinajstić information content (AvgIpc) is 3.20. The van der Waals surface area contributed by atoms with Gasteiger partial charge < -0.3 is 10.2 Å². The summed E-state index contributed by atoms with van der Waals surface area (Å²) in [6.07, 6.45) is 3.82. The lowest BCUT2D eigenvalue weighted by atomic mass is 10.1. The standard InChI is InChI=1S/C19H24FN5O/c1-23-18-13-25(19(26)21-15-7-5-14(20)6-8-15)11-16(18)17(22-23)12-24-9-3-2-4-10-24/h5-8H,2-4,9-13H2,1H3,(H,21,26). The molecule has 0 radical (unpaired) electrons. The molecule has 3 heterocycles. The summed E-state index contributed by atoms with van der Waals surface area (Å²) >= 11 is 0. The highest BCUT2D eigenvalue weighted by Gasteiger charge is 2.30. The summed E-state index contributed by atoms with van der Waals surface area (Å²) < 4.78 is 14.9. The monoisotopic (exact) mass is 357 g/mol. The SMILES string of the molecule is Cn1nc(CN2CCCCC2)c2c1CN(C(=O)Nc1ccc(F)cc1)C2. The highest BCUT2D eigenvalue weighted by molar-refractivity contribution is 5.89. The number of likely N-dealkylation sites (tertiary alicyclic amines) is 1. The Bertz CT molecular complexity index is 795. The summed E-state index contributed by atoms with van der Waals surface area (Å²) in [6, 6.07) is 5.65. The molecule has 1 aromatic carbocycles. The van der Waals surface area contributed by atoms with Crippen LogP contribution in [0.4, 0.5) is 14.9 Å². The zero-order chi connectivity index (χ0) is 18.1. The Labute approximate surface area is 152 Å². The molecule has 0 aliphatic carbocycles. The maximum Gasteiger partial charge on any atom is 0.322 e. The number of piperidine rings is 1. The molecular weight excluding hydrogens is 333 g/mol. The number of halogens is 1. The van der Waals surface area contributed by atoms with Crippen LogP contribution in [0.15, 0.2) is 24.3 Å². The van der Waals surface area contributed by atoms with Crippen LogP contribution >= 0.6 is 0 Å². The minimum Gasteiger partial charge on any atom is -0.314 e. The first-order valence-electron chi connectivity index (χ1n) is 9.17. The van der Waals surface area contributed by atoms with E-state index in [-0.39, 0.29) is 11.8 Å². The zero-order valence-electron chi connectivity index (χ0n) is 15.0. The van der Waals surface area contributed by atoms with Gasteiger partial charge in [0.25, 0.3) is 0 Å². The summed E-state index contributed by atoms with van der Waals surface area (Å²) in [5, 5.41) is 7.53. The number of benzene rings is 1. The van der Waals surface area contributed by atoms with Crippen molar-refractivity contribution in [3.63, 3.8) is 0 Å². The van der Waals surface area contributed by atoms with E-state index in [0.717, 1.165) is 31.0 Å². The Morgan fingerprint density at radius 2 is 1.88 bits per heavy atom. The van der Waals surface area contributed by atoms with E-state index in [1.54, 1.807) is 17.0 Å². The predicted molar refractivity (Wildman–Crippen MR) is 97.0 cm³/mol. The van der Waals surface area contributed by atoms with Gasteiger partial charge in [0.15, 0.2) is 0 Å². The molecule has 26 heavy (non-hydrogen) atoms. The van der Waals surface area contributed by atoms with E-state index >= 15 is 0 Å². The number of nitrogens with one attached hydrogen (secondary N) is 1. The number of amides is 2. The van der Waals surface area contributed by atoms with Gasteiger partial charge in [0.2, 0.25) is 0 Å². The number of carbonyl (C=O) groups excluding carboxylic acids is 1. The molecule has 2 aromatic rings. The number of hydrogen-bond donors (Lipinski definition) is 1. The molecule has 4 rings (SSSR count). The van der Waals surface area contributed by atoms with Gasteiger partial charge in [0.05, 0.1) is 24.5 Å². The van der Waals surface area contributed by atoms with Gasteiger partial charge in [0, 0.05) is 24.8 Å². The van der Waals surface area contributed by atoms with E-state index in [9.17, 15) is 9.18 Å². The normalized spacial score (nSPS) is 17.4. The Morgan fingerprint density at radius 3 is 2.62 bits per heavy atom. The number of aromatic nitrogens is 2. The molecule has 1 fully saturated rings. The average molecular weight is 357 g/mol. The zero-order valence-corrected chi connectivity index (χ0v) is 15.0. The van der Waals surface area contributed by atoms with E-state index in [4.69, 9.17) is 0 Å². The van der Waals surface area contributed by atoms with Gasteiger partial charge in [-0.2, -0.15) is 5.10 Å². The second-order valence-electron chi connectivity index (χ2n) is 7.13. The van der Waals surface area contributed by atoms with E-state index in [2.05, 4.69) is 15.3 Å². The van der Waals surface area contributed by atoms with Crippen molar-refractivity contribution in [3.05, 3.63) is 47.0 Å². The molecule has 0 bridgehead atoms. The van der Waals surface area contributed by atoms with Crippen LogP contribution in [0.5, 0.6) is 0 Å². The van der Waals surface area contributed by atoms with Crippen molar-refractivity contribution >= 4 is 11.7 Å². The molecule has 2 aliphatic heterocycles. The van der Waals surface area contributed by atoms with Crippen molar-refractivity contribution < 1.29 is 9.18 Å². The maximum atomic E-state index is 13.0. The molecular formula is C19H24FN5O. The number of aryl methyl sites for hydroxylation is 1. The summed E-state index contributed by atoms with van der Waals surface area (Å²) in [7, 11) is 1.94. The molecule has 1 N–H and O–H groups in total. The third-order valence-electron chi connectivity index (χ3n) is 5.25. The lowest BCUT2D eigenvalue weighted by Crippen LogP contribution is -2.32. The first-order valence-corrected chi connectivity index (χ1v) is 9.17. The lowest BCUT2D eigenvalue weighted by molar-refractivity contribution is 0.208. The maximum absolute atomic E-state index is 13.0. The molecule has 0 saturated carbocycles. The summed E-state index contributed by atoms with van der Waals surface area (Å²) in [5.74, 6) is -0.315. The summed E-state index contributed by atoms with van der Waals surface area (Å²) in [4.78, 5) is 16.8. The third-order valence-corrected chi connectivity index (χ3v) is 5.25. The number of carbonyl (C=O) groups is 1. The number of rotatable bonds is 3. The molecule has 7 heteroatoms.